The minimum atomic E-state index is -0.865. The van der Waals surface area contributed by atoms with E-state index in [1.807, 2.05) is 0 Å². The largest absolute Gasteiger partial charge is 0.497 e. The summed E-state index contributed by atoms with van der Waals surface area (Å²) in [7, 11) is 1.56. The van der Waals surface area contributed by atoms with Gasteiger partial charge in [-0.15, -0.1) is 0 Å². The molecule has 1 aromatic carbocycles. The maximum atomic E-state index is 10.3. The van der Waals surface area contributed by atoms with Crippen molar-refractivity contribution in [2.75, 3.05) is 7.11 Å². The highest BCUT2D eigenvalue weighted by molar-refractivity contribution is 6.32. The smallest absolute Gasteiger partial charge is 0.307 e. The molecule has 3 nitrogen and oxygen atoms in total. The van der Waals surface area contributed by atoms with Crippen LogP contribution in [0.15, 0.2) is 24.3 Å². The molecule has 0 spiro atoms. The fourth-order valence-electron chi connectivity index (χ4n) is 1.06. The van der Waals surface area contributed by atoms with Crippen LogP contribution in [0.1, 0.15) is 12.0 Å². The van der Waals surface area contributed by atoms with Crippen LogP contribution in [0.5, 0.6) is 5.75 Å². The molecule has 0 fully saturated rings. The van der Waals surface area contributed by atoms with Crippen LogP contribution in [0.2, 0.25) is 5.02 Å². The first-order valence-electron chi connectivity index (χ1n) is 4.35. The molecular formula is C11H11ClO3. The summed E-state index contributed by atoms with van der Waals surface area (Å²) >= 11 is 5.94. The lowest BCUT2D eigenvalue weighted by Crippen LogP contribution is -1.89. The van der Waals surface area contributed by atoms with Crippen LogP contribution in [0.3, 0.4) is 0 Å². The van der Waals surface area contributed by atoms with Crippen LogP contribution in [0.4, 0.5) is 0 Å². The van der Waals surface area contributed by atoms with Crippen molar-refractivity contribution in [2.45, 2.75) is 6.42 Å². The van der Waals surface area contributed by atoms with Gasteiger partial charge in [-0.3, -0.25) is 4.79 Å². The van der Waals surface area contributed by atoms with Crippen molar-refractivity contribution in [3.8, 4) is 5.75 Å². The zero-order valence-electron chi connectivity index (χ0n) is 8.24. The van der Waals surface area contributed by atoms with Gasteiger partial charge in [0.1, 0.15) is 5.75 Å². The van der Waals surface area contributed by atoms with E-state index in [0.29, 0.717) is 10.8 Å². The molecular weight excluding hydrogens is 216 g/mol. The van der Waals surface area contributed by atoms with Gasteiger partial charge in [0.15, 0.2) is 0 Å². The zero-order valence-corrected chi connectivity index (χ0v) is 8.99. The number of hydrogen-bond acceptors (Lipinski definition) is 2. The lowest BCUT2D eigenvalue weighted by atomic mass is 10.2. The number of ether oxygens (including phenoxy) is 1. The van der Waals surface area contributed by atoms with Crippen LogP contribution in [-0.4, -0.2) is 18.2 Å². The highest BCUT2D eigenvalue weighted by Crippen LogP contribution is 2.23. The summed E-state index contributed by atoms with van der Waals surface area (Å²) in [5, 5.41) is 8.98. The average molecular weight is 227 g/mol. The Balaban J connectivity index is 2.78. The lowest BCUT2D eigenvalue weighted by molar-refractivity contribution is -0.135. The van der Waals surface area contributed by atoms with Gasteiger partial charge in [0, 0.05) is 0 Å². The van der Waals surface area contributed by atoms with Gasteiger partial charge in [-0.2, -0.15) is 0 Å². The Bertz CT molecular complexity index is 385. The van der Waals surface area contributed by atoms with Crippen LogP contribution in [0.25, 0.3) is 6.08 Å². The molecule has 4 heteroatoms. The summed E-state index contributed by atoms with van der Waals surface area (Å²) in [5.41, 5.74) is 0.777. The van der Waals surface area contributed by atoms with Gasteiger partial charge < -0.3 is 9.84 Å². The van der Waals surface area contributed by atoms with Crippen molar-refractivity contribution in [3.63, 3.8) is 0 Å². The van der Waals surface area contributed by atoms with Crippen molar-refractivity contribution in [1.82, 2.24) is 0 Å². The third-order valence-electron chi connectivity index (χ3n) is 1.80. The second-order valence-corrected chi connectivity index (χ2v) is 3.29. The standard InChI is InChI=1S/C11H11ClO3/c1-15-9-6-5-8(10(12)7-9)3-2-4-11(13)14/h2-3,5-7H,4H2,1H3,(H,13,14)/b3-2+. The molecule has 1 rings (SSSR count). The first-order valence-corrected chi connectivity index (χ1v) is 4.73. The predicted octanol–water partition coefficient (Wildman–Crippen LogP) is 2.84. The van der Waals surface area contributed by atoms with Crippen molar-refractivity contribution >= 4 is 23.6 Å². The van der Waals surface area contributed by atoms with Gasteiger partial charge >= 0.3 is 5.97 Å². The Labute approximate surface area is 92.9 Å². The van der Waals surface area contributed by atoms with Crippen LogP contribution in [-0.2, 0) is 4.79 Å². The minimum Gasteiger partial charge on any atom is -0.497 e. The Morgan fingerprint density at radius 3 is 2.87 bits per heavy atom. The summed E-state index contributed by atoms with van der Waals surface area (Å²) in [6.45, 7) is 0. The molecule has 15 heavy (non-hydrogen) atoms. The van der Waals surface area contributed by atoms with Gasteiger partial charge in [-0.25, -0.2) is 0 Å². The molecule has 0 aliphatic carbocycles. The van der Waals surface area contributed by atoms with Crippen molar-refractivity contribution in [2.24, 2.45) is 0 Å². The summed E-state index contributed by atoms with van der Waals surface area (Å²) in [5.74, 6) is -0.189. The number of hydrogen-bond donors (Lipinski definition) is 1. The molecule has 1 N–H and O–H groups in total. The van der Waals surface area contributed by atoms with E-state index in [4.69, 9.17) is 21.4 Å². The maximum absolute atomic E-state index is 10.3. The number of halogens is 1. The molecule has 0 saturated carbocycles. The van der Waals surface area contributed by atoms with E-state index in [9.17, 15) is 4.79 Å². The van der Waals surface area contributed by atoms with Gasteiger partial charge in [0.05, 0.1) is 18.6 Å². The number of carbonyl (C=O) groups is 1. The van der Waals surface area contributed by atoms with Crippen LogP contribution >= 0.6 is 11.6 Å². The van der Waals surface area contributed by atoms with Crippen molar-refractivity contribution in [3.05, 3.63) is 34.9 Å². The molecule has 0 aromatic heterocycles. The highest BCUT2D eigenvalue weighted by Gasteiger charge is 1.99. The SMILES string of the molecule is COc1ccc(/C=C/CC(=O)O)c(Cl)c1. The number of rotatable bonds is 4. The summed E-state index contributed by atoms with van der Waals surface area (Å²) in [4.78, 5) is 10.3. The van der Waals surface area contributed by atoms with Crippen molar-refractivity contribution in [1.29, 1.82) is 0 Å². The Hall–Kier alpha value is -1.48. The first kappa shape index (κ1) is 11.6. The maximum Gasteiger partial charge on any atom is 0.307 e. The quantitative estimate of drug-likeness (QED) is 0.859. The topological polar surface area (TPSA) is 46.5 Å². The second-order valence-electron chi connectivity index (χ2n) is 2.89. The Kier molecular flexibility index (Phi) is 4.18. The molecule has 0 saturated heterocycles. The lowest BCUT2D eigenvalue weighted by Gasteiger charge is -2.02. The van der Waals surface area contributed by atoms with E-state index in [0.717, 1.165) is 5.56 Å². The molecule has 0 bridgehead atoms. The zero-order chi connectivity index (χ0) is 11.3. The molecule has 0 aliphatic heterocycles. The van der Waals surface area contributed by atoms with E-state index in [2.05, 4.69) is 0 Å². The second kappa shape index (κ2) is 5.41. The molecule has 1 aromatic rings. The van der Waals surface area contributed by atoms with Crippen molar-refractivity contribution < 1.29 is 14.6 Å². The van der Waals surface area contributed by atoms with E-state index in [1.165, 1.54) is 0 Å². The van der Waals surface area contributed by atoms with Crippen LogP contribution in [0, 0.1) is 0 Å². The van der Waals surface area contributed by atoms with E-state index in [1.54, 1.807) is 37.5 Å². The third kappa shape index (κ3) is 3.64. The first-order chi connectivity index (χ1) is 7.13. The number of benzene rings is 1. The molecule has 0 unspecified atom stereocenters. The Morgan fingerprint density at radius 1 is 1.60 bits per heavy atom. The third-order valence-corrected chi connectivity index (χ3v) is 2.12. The fourth-order valence-corrected chi connectivity index (χ4v) is 1.29. The average Bonchev–Trinajstić information content (AvgIpc) is 2.20. The summed E-state index contributed by atoms with van der Waals surface area (Å²) < 4.78 is 4.99. The Morgan fingerprint density at radius 2 is 2.33 bits per heavy atom. The normalized spacial score (nSPS) is 10.5. The van der Waals surface area contributed by atoms with Gasteiger partial charge in [0.2, 0.25) is 0 Å². The molecule has 80 valence electrons. The number of carboxylic acids is 1. The van der Waals surface area contributed by atoms with Gasteiger partial charge in [-0.05, 0) is 23.8 Å². The minimum absolute atomic E-state index is 0.0115. The summed E-state index contributed by atoms with van der Waals surface area (Å²) in [6.07, 6.45) is 3.22. The highest BCUT2D eigenvalue weighted by atomic mass is 35.5. The fraction of sp³-hybridized carbons (Fsp3) is 0.182. The predicted molar refractivity (Wildman–Crippen MR) is 59.3 cm³/mol. The van der Waals surface area contributed by atoms with E-state index >= 15 is 0 Å². The van der Waals surface area contributed by atoms with E-state index < -0.39 is 5.97 Å². The molecule has 0 aliphatic rings. The number of aliphatic carboxylic acids is 1. The summed E-state index contributed by atoms with van der Waals surface area (Å²) in [6, 6.07) is 5.23. The van der Waals surface area contributed by atoms with Crippen LogP contribution < -0.4 is 4.74 Å². The number of carboxylic acid groups (broad SMARTS) is 1. The van der Waals surface area contributed by atoms with Gasteiger partial charge in [-0.1, -0.05) is 23.8 Å². The molecule has 0 heterocycles. The molecule has 0 atom stereocenters. The monoisotopic (exact) mass is 226 g/mol. The molecule has 0 radical (unpaired) electrons. The van der Waals surface area contributed by atoms with E-state index in [-0.39, 0.29) is 6.42 Å². The molecule has 0 amide bonds. The number of methoxy groups -OCH3 is 1. The van der Waals surface area contributed by atoms with Gasteiger partial charge in [0.25, 0.3) is 0 Å².